The molecule has 3 spiro atoms. The van der Waals surface area contributed by atoms with E-state index in [4.69, 9.17) is 43.0 Å². The van der Waals surface area contributed by atoms with E-state index in [0.717, 1.165) is 57.1 Å². The molecular weight excluding hydrogens is 755 g/mol. The van der Waals surface area contributed by atoms with Crippen LogP contribution in [0.5, 0.6) is 0 Å². The first-order valence-corrected chi connectivity index (χ1v) is 22.9. The number of hydrogen-bond acceptors (Lipinski definition) is 11. The third kappa shape index (κ3) is 8.06. The lowest BCUT2D eigenvalue weighted by atomic mass is 9.79. The van der Waals surface area contributed by atoms with Gasteiger partial charge in [-0.2, -0.15) is 0 Å². The van der Waals surface area contributed by atoms with Gasteiger partial charge in [-0.1, -0.05) is 58.9 Å². The van der Waals surface area contributed by atoms with Gasteiger partial charge in [0, 0.05) is 63.3 Å². The largest absolute Gasteiger partial charge is 0.488 e. The molecule has 0 unspecified atom stereocenters. The van der Waals surface area contributed by atoms with Crippen LogP contribution in [-0.2, 0) is 42.7 Å². The van der Waals surface area contributed by atoms with Crippen molar-refractivity contribution >= 4 is 5.97 Å². The Bertz CT molecular complexity index is 1720. The number of nitrogens with one attached hydrogen (secondary N) is 1. The third-order valence-electron chi connectivity index (χ3n) is 15.2. The van der Waals surface area contributed by atoms with Gasteiger partial charge in [0.1, 0.15) is 29.8 Å². The summed E-state index contributed by atoms with van der Waals surface area (Å²) in [6, 6.07) is 0. The van der Waals surface area contributed by atoms with Crippen LogP contribution in [0.25, 0.3) is 0 Å². The summed E-state index contributed by atoms with van der Waals surface area (Å²) >= 11 is 0. The summed E-state index contributed by atoms with van der Waals surface area (Å²) in [6.45, 7) is 18.9. The first-order chi connectivity index (χ1) is 28.1. The van der Waals surface area contributed by atoms with Crippen LogP contribution in [0.3, 0.4) is 0 Å². The number of piperidine rings is 1. The molecule has 2 bridgehead atoms. The average Bonchev–Trinajstić information content (AvgIpc) is 3.85. The van der Waals surface area contributed by atoms with E-state index in [1.807, 2.05) is 18.2 Å². The number of rotatable bonds is 9. The van der Waals surface area contributed by atoms with Crippen molar-refractivity contribution < 1.29 is 52.9 Å². The zero-order valence-corrected chi connectivity index (χ0v) is 36.1. The molecule has 12 nitrogen and oxygen atoms in total. The van der Waals surface area contributed by atoms with E-state index in [1.165, 1.54) is 5.57 Å². The Kier molecular flexibility index (Phi) is 11.4. The number of hydrogen-bond donors (Lipinski definition) is 3. The molecule has 0 aromatic heterocycles. The van der Waals surface area contributed by atoms with Crippen LogP contribution in [0.4, 0.5) is 0 Å². The predicted molar refractivity (Wildman–Crippen MR) is 218 cm³/mol. The van der Waals surface area contributed by atoms with Crippen LogP contribution in [0.1, 0.15) is 125 Å². The van der Waals surface area contributed by atoms with Crippen LogP contribution < -0.4 is 5.32 Å². The van der Waals surface area contributed by atoms with Crippen molar-refractivity contribution in [2.45, 2.75) is 203 Å². The van der Waals surface area contributed by atoms with E-state index in [9.17, 15) is 9.90 Å². The van der Waals surface area contributed by atoms with Crippen molar-refractivity contribution in [1.82, 2.24) is 5.32 Å². The topological polar surface area (TPSA) is 143 Å². The summed E-state index contributed by atoms with van der Waals surface area (Å²) in [5, 5.41) is 24.7. The Morgan fingerprint density at radius 3 is 2.56 bits per heavy atom. The van der Waals surface area contributed by atoms with E-state index >= 15 is 0 Å². The molecule has 0 aromatic rings. The highest BCUT2D eigenvalue weighted by atomic mass is 16.8. The predicted octanol–water partition coefficient (Wildman–Crippen LogP) is 7.21. The summed E-state index contributed by atoms with van der Waals surface area (Å²) in [5.41, 5.74) is 1.73. The third-order valence-corrected chi connectivity index (χ3v) is 15.2. The van der Waals surface area contributed by atoms with Crippen molar-refractivity contribution in [2.75, 3.05) is 6.54 Å². The first-order valence-electron chi connectivity index (χ1n) is 22.9. The molecule has 18 atom stereocenters. The monoisotopic (exact) mass is 823 g/mol. The molecule has 9 aliphatic rings. The quantitative estimate of drug-likeness (QED) is 0.202. The van der Waals surface area contributed by atoms with Gasteiger partial charge < -0.3 is 48.1 Å². The maximum atomic E-state index is 11.9. The number of aliphatic hydroxyl groups is 1. The Balaban J connectivity index is 0.825. The minimum atomic E-state index is -0.949. The highest BCUT2D eigenvalue weighted by Gasteiger charge is 2.63. The molecule has 0 aromatic carbocycles. The van der Waals surface area contributed by atoms with Crippen molar-refractivity contribution in [2.24, 2.45) is 29.6 Å². The zero-order chi connectivity index (χ0) is 41.5. The van der Waals surface area contributed by atoms with E-state index in [1.54, 1.807) is 0 Å². The lowest BCUT2D eigenvalue weighted by molar-refractivity contribution is -0.364. The minimum Gasteiger partial charge on any atom is -0.488 e. The van der Waals surface area contributed by atoms with Gasteiger partial charge in [-0.05, 0) is 80.9 Å². The van der Waals surface area contributed by atoms with Gasteiger partial charge in [0.05, 0.1) is 36.6 Å². The highest BCUT2D eigenvalue weighted by molar-refractivity contribution is 5.66. The second-order valence-electron chi connectivity index (χ2n) is 20.4. The number of aliphatic hydroxyl groups excluding tert-OH is 1. The fraction of sp³-hybridized carbons (Fsp3) is 0.809. The van der Waals surface area contributed by atoms with Gasteiger partial charge in [0.15, 0.2) is 17.4 Å². The van der Waals surface area contributed by atoms with E-state index in [-0.39, 0.29) is 66.7 Å². The van der Waals surface area contributed by atoms with Gasteiger partial charge in [-0.3, -0.25) is 10.1 Å². The van der Waals surface area contributed by atoms with Crippen LogP contribution in [-0.4, -0.2) is 101 Å². The number of allylic oxidation sites excluding steroid dienone is 2. The van der Waals surface area contributed by atoms with Gasteiger partial charge >= 0.3 is 5.97 Å². The Labute approximate surface area is 350 Å². The number of carboxylic acids is 1. The molecule has 12 heteroatoms. The molecule has 7 saturated heterocycles. The van der Waals surface area contributed by atoms with Gasteiger partial charge in [0.25, 0.3) is 0 Å². The average molecular weight is 824 g/mol. The van der Waals surface area contributed by atoms with E-state index in [2.05, 4.69) is 59.5 Å². The number of fused-ring (bicyclic) bond motifs is 5. The second-order valence-corrected chi connectivity index (χ2v) is 20.4. The maximum absolute atomic E-state index is 11.9. The molecule has 0 radical (unpaired) electrons. The lowest BCUT2D eigenvalue weighted by Crippen LogP contribution is -2.59. The second kappa shape index (κ2) is 15.9. The summed E-state index contributed by atoms with van der Waals surface area (Å²) in [5.74, 6) is -1.16. The van der Waals surface area contributed by atoms with Gasteiger partial charge in [-0.15, -0.1) is 0 Å². The van der Waals surface area contributed by atoms with E-state index in [0.29, 0.717) is 55.6 Å². The van der Waals surface area contributed by atoms with Gasteiger partial charge in [0.2, 0.25) is 0 Å². The number of aliphatic carboxylic acids is 1. The number of ether oxygens (including phenoxy) is 8. The molecule has 7 fully saturated rings. The summed E-state index contributed by atoms with van der Waals surface area (Å²) in [6.07, 6.45) is 14.3. The van der Waals surface area contributed by atoms with Crippen molar-refractivity contribution in [3.8, 4) is 0 Å². The fourth-order valence-electron chi connectivity index (χ4n) is 12.4. The molecule has 0 amide bonds. The van der Waals surface area contributed by atoms with Crippen LogP contribution >= 0.6 is 0 Å². The van der Waals surface area contributed by atoms with Crippen molar-refractivity contribution in [3.05, 3.63) is 47.8 Å². The molecule has 9 heterocycles. The maximum Gasteiger partial charge on any atom is 0.303 e. The SMILES string of the molecule is C=C(C[C@@]12C[C@@H](C)C[C@@H](O1)[C@H]1O[C@]3(C[C@H]1O2)NC[C@H](C)C[C@@H]3C)[C@H]1OC([C@H](O)[C@@H]2C[C@H]3O[C@@]4(CC[C@]5(C=C(C)C[C@@H](/C=C/CCC(=O)O)O5)O4)[C@H](C)C[C@H]3O2)=CC[C@@H]1C. The molecule has 3 N–H and O–H groups in total. The van der Waals surface area contributed by atoms with Crippen LogP contribution in [0.2, 0.25) is 0 Å². The Morgan fingerprint density at radius 2 is 1.76 bits per heavy atom. The number of carbonyl (C=O) groups is 1. The zero-order valence-electron chi connectivity index (χ0n) is 36.1. The lowest BCUT2D eigenvalue weighted by Gasteiger charge is -2.52. The van der Waals surface area contributed by atoms with Crippen molar-refractivity contribution in [3.63, 3.8) is 0 Å². The molecule has 328 valence electrons. The Hall–Kier alpha value is -2.13. The molecule has 0 saturated carbocycles. The van der Waals surface area contributed by atoms with E-state index < -0.39 is 35.5 Å². The molecule has 0 aliphatic carbocycles. The molecule has 9 rings (SSSR count). The summed E-state index contributed by atoms with van der Waals surface area (Å²) in [4.78, 5) is 11.0. The summed E-state index contributed by atoms with van der Waals surface area (Å²) < 4.78 is 54.4. The van der Waals surface area contributed by atoms with Crippen LogP contribution in [0.15, 0.2) is 47.8 Å². The normalized spacial score (nSPS) is 49.7. The van der Waals surface area contributed by atoms with Crippen molar-refractivity contribution in [1.29, 1.82) is 0 Å². The molecular formula is C47H69NO11. The standard InChI is InChI=1S/C47H69NO11/c1-26-17-33(10-8-9-11-40(49)50)54-44(21-26)14-15-47(59-44)32(7)19-35-36(57-47)20-37(52-35)41(51)34-13-12-29(4)42(53-34)30(5)23-45-22-27(2)18-38(55-45)43-39(56-45)24-46(58-43)31(6)16-28(3)25-48-46/h8,10,13,21,27-29,31-33,35-39,41-43,48,51H,5,9,11-12,14-20,22-25H2,1-4,6-7H3,(H,49,50)/b10-8+/t27-,28+,29-,31-,32+,33+,35+,36+,37-,38+,39+,41-,42-,43+,44+,45-,46-,47+/m0/s1. The Morgan fingerprint density at radius 1 is 0.949 bits per heavy atom. The first kappa shape index (κ1) is 42.2. The fourth-order valence-corrected chi connectivity index (χ4v) is 12.4. The molecule has 9 aliphatic heterocycles. The highest BCUT2D eigenvalue weighted by Crippen LogP contribution is 2.55. The summed E-state index contributed by atoms with van der Waals surface area (Å²) in [7, 11) is 0. The smallest absolute Gasteiger partial charge is 0.303 e. The molecule has 59 heavy (non-hydrogen) atoms. The number of carboxylic acid groups (broad SMARTS) is 1. The van der Waals surface area contributed by atoms with Gasteiger partial charge in [-0.25, -0.2) is 0 Å². The van der Waals surface area contributed by atoms with Crippen LogP contribution in [0, 0.1) is 29.6 Å². The minimum absolute atomic E-state index is 0.0287.